The number of hydrogen-bond acceptors (Lipinski definition) is 2. The van der Waals surface area contributed by atoms with Gasteiger partial charge in [-0.15, -0.1) is 11.3 Å². The van der Waals surface area contributed by atoms with Gasteiger partial charge in [-0.2, -0.15) is 0 Å². The van der Waals surface area contributed by atoms with Crippen LogP contribution in [0.15, 0.2) is 144 Å². The average Bonchev–Trinajstić information content (AvgIpc) is 3.73. The van der Waals surface area contributed by atoms with Crippen molar-refractivity contribution in [1.29, 1.82) is 0 Å². The van der Waals surface area contributed by atoms with Gasteiger partial charge in [0.1, 0.15) is 11.2 Å². The van der Waals surface area contributed by atoms with E-state index in [2.05, 4.69) is 144 Å². The Morgan fingerprint density at radius 2 is 1.26 bits per heavy atom. The predicted molar refractivity (Wildman–Crippen MR) is 184 cm³/mol. The molecular formula is C40H23NOS. The molecule has 0 saturated carbocycles. The van der Waals surface area contributed by atoms with E-state index < -0.39 is 0 Å². The van der Waals surface area contributed by atoms with E-state index in [1.54, 1.807) is 0 Å². The monoisotopic (exact) mass is 565 g/mol. The lowest BCUT2D eigenvalue weighted by Gasteiger charge is -2.13. The Bertz CT molecular complexity index is 2740. The summed E-state index contributed by atoms with van der Waals surface area (Å²) in [6, 6.07) is 50.6. The highest BCUT2D eigenvalue weighted by molar-refractivity contribution is 7.25. The smallest absolute Gasteiger partial charge is 0.145 e. The molecule has 10 rings (SSSR count). The zero-order valence-electron chi connectivity index (χ0n) is 23.0. The highest BCUT2D eigenvalue weighted by Crippen LogP contribution is 2.46. The van der Waals surface area contributed by atoms with Crippen LogP contribution in [0, 0.1) is 0 Å². The number of thiophene rings is 1. The maximum Gasteiger partial charge on any atom is 0.145 e. The second-order valence-corrected chi connectivity index (χ2v) is 12.4. The SMILES string of the molecule is c1ccc2cc(-n3c4ccccc4c4c5oc6ccccc6c5cc(-c5ccc6sc7ccccc7c6c5)c43)ccc2c1. The number of aromatic nitrogens is 1. The van der Waals surface area contributed by atoms with E-state index in [0.717, 1.165) is 33.0 Å². The Balaban J connectivity index is 1.42. The number of furan rings is 1. The summed E-state index contributed by atoms with van der Waals surface area (Å²) in [5, 5.41) is 9.72. The first-order chi connectivity index (χ1) is 21.3. The van der Waals surface area contributed by atoms with Crippen LogP contribution in [0.2, 0.25) is 0 Å². The highest BCUT2D eigenvalue weighted by atomic mass is 32.1. The predicted octanol–water partition coefficient (Wildman–Crippen LogP) is 11.9. The standard InChI is InChI=1S/C40H23NOS/c1-2-10-25-21-27(19-17-24(25)9-1)41-34-14-6-3-13-30(34)38-39(41)31(23-33-28-11-4-7-15-35(28)42-40(33)38)26-18-20-37-32(22-26)29-12-5-8-16-36(29)43-37/h1-23H. The third-order valence-corrected chi connectivity index (χ3v) is 10.1. The van der Waals surface area contributed by atoms with Crippen molar-refractivity contribution in [2.45, 2.75) is 0 Å². The van der Waals surface area contributed by atoms with Crippen molar-refractivity contribution in [2.75, 3.05) is 0 Å². The first-order valence-corrected chi connectivity index (χ1v) is 15.4. The van der Waals surface area contributed by atoms with Crippen LogP contribution in [-0.4, -0.2) is 4.57 Å². The number of benzene rings is 7. The van der Waals surface area contributed by atoms with Crippen molar-refractivity contribution in [3.8, 4) is 16.8 Å². The first kappa shape index (κ1) is 23.2. The molecule has 0 aliphatic heterocycles. The molecule has 3 heteroatoms. The van der Waals surface area contributed by atoms with Crippen LogP contribution in [0.5, 0.6) is 0 Å². The summed E-state index contributed by atoms with van der Waals surface area (Å²) >= 11 is 1.86. The highest BCUT2D eigenvalue weighted by Gasteiger charge is 2.23. The van der Waals surface area contributed by atoms with Crippen LogP contribution >= 0.6 is 11.3 Å². The third kappa shape index (κ3) is 3.23. The molecule has 0 saturated heterocycles. The van der Waals surface area contributed by atoms with Gasteiger partial charge in [-0.1, -0.05) is 91.0 Å². The molecule has 0 N–H and O–H groups in total. The summed E-state index contributed by atoms with van der Waals surface area (Å²) in [5.74, 6) is 0. The van der Waals surface area contributed by atoms with Gasteiger partial charge in [0.25, 0.3) is 0 Å². The van der Waals surface area contributed by atoms with Gasteiger partial charge < -0.3 is 8.98 Å². The van der Waals surface area contributed by atoms with E-state index in [1.807, 2.05) is 11.3 Å². The van der Waals surface area contributed by atoms with Crippen LogP contribution in [0.3, 0.4) is 0 Å². The molecule has 0 fully saturated rings. The minimum atomic E-state index is 0.915. The summed E-state index contributed by atoms with van der Waals surface area (Å²) in [4.78, 5) is 0. The van der Waals surface area contributed by atoms with Gasteiger partial charge in [0.2, 0.25) is 0 Å². The van der Waals surface area contributed by atoms with Crippen molar-refractivity contribution < 1.29 is 4.42 Å². The maximum absolute atomic E-state index is 6.69. The number of nitrogens with zero attached hydrogens (tertiary/aromatic N) is 1. The Labute approximate surface area is 250 Å². The largest absolute Gasteiger partial charge is 0.455 e. The molecule has 0 unspecified atom stereocenters. The summed E-state index contributed by atoms with van der Waals surface area (Å²) in [6.45, 7) is 0. The summed E-state index contributed by atoms with van der Waals surface area (Å²) in [6.07, 6.45) is 0. The molecule has 0 aliphatic carbocycles. The van der Waals surface area contributed by atoms with E-state index in [0.29, 0.717) is 0 Å². The Kier molecular flexibility index (Phi) is 4.63. The van der Waals surface area contributed by atoms with Gasteiger partial charge in [-0.05, 0) is 64.9 Å². The molecule has 3 aromatic heterocycles. The van der Waals surface area contributed by atoms with Crippen molar-refractivity contribution in [1.82, 2.24) is 4.57 Å². The second kappa shape index (κ2) is 8.57. The lowest BCUT2D eigenvalue weighted by atomic mass is 9.97. The summed E-state index contributed by atoms with van der Waals surface area (Å²) < 4.78 is 11.8. The fraction of sp³-hybridized carbons (Fsp3) is 0. The van der Waals surface area contributed by atoms with Crippen molar-refractivity contribution >= 4 is 86.0 Å². The van der Waals surface area contributed by atoms with Crippen LogP contribution in [0.25, 0.3) is 91.5 Å². The Hall–Kier alpha value is -5.38. The maximum atomic E-state index is 6.69. The van der Waals surface area contributed by atoms with E-state index in [4.69, 9.17) is 4.42 Å². The lowest BCUT2D eigenvalue weighted by molar-refractivity contribution is 0.673. The third-order valence-electron chi connectivity index (χ3n) is 8.96. The minimum Gasteiger partial charge on any atom is -0.455 e. The van der Waals surface area contributed by atoms with Gasteiger partial charge in [0.05, 0.1) is 16.4 Å². The summed E-state index contributed by atoms with van der Waals surface area (Å²) in [5.41, 5.74) is 7.75. The van der Waals surface area contributed by atoms with Crippen molar-refractivity contribution in [3.63, 3.8) is 0 Å². The van der Waals surface area contributed by atoms with E-state index in [-0.39, 0.29) is 0 Å². The summed E-state index contributed by atoms with van der Waals surface area (Å²) in [7, 11) is 0. The lowest BCUT2D eigenvalue weighted by Crippen LogP contribution is -1.96. The minimum absolute atomic E-state index is 0.915. The Morgan fingerprint density at radius 1 is 0.512 bits per heavy atom. The van der Waals surface area contributed by atoms with Crippen LogP contribution in [0.4, 0.5) is 0 Å². The van der Waals surface area contributed by atoms with Crippen molar-refractivity contribution in [2.24, 2.45) is 0 Å². The van der Waals surface area contributed by atoms with Gasteiger partial charge in [-0.3, -0.25) is 0 Å². The molecule has 0 bridgehead atoms. The van der Waals surface area contributed by atoms with E-state index >= 15 is 0 Å². The molecule has 0 amide bonds. The number of fused-ring (bicyclic) bond motifs is 11. The number of hydrogen-bond donors (Lipinski definition) is 0. The molecule has 10 aromatic rings. The quantitative estimate of drug-likeness (QED) is 0.204. The van der Waals surface area contributed by atoms with E-state index in [9.17, 15) is 0 Å². The van der Waals surface area contributed by atoms with Crippen LogP contribution in [-0.2, 0) is 0 Å². The van der Waals surface area contributed by atoms with E-state index in [1.165, 1.54) is 58.5 Å². The second-order valence-electron chi connectivity index (χ2n) is 11.3. The van der Waals surface area contributed by atoms with Crippen molar-refractivity contribution in [3.05, 3.63) is 140 Å². The molecular weight excluding hydrogens is 543 g/mol. The zero-order chi connectivity index (χ0) is 28.1. The van der Waals surface area contributed by atoms with Gasteiger partial charge in [0, 0.05) is 47.6 Å². The fourth-order valence-corrected chi connectivity index (χ4v) is 8.12. The number of para-hydroxylation sites is 2. The Morgan fingerprint density at radius 3 is 2.19 bits per heavy atom. The molecule has 3 heterocycles. The zero-order valence-corrected chi connectivity index (χ0v) is 23.9. The molecule has 0 radical (unpaired) electrons. The van der Waals surface area contributed by atoms with Gasteiger partial charge >= 0.3 is 0 Å². The normalized spacial score (nSPS) is 12.2. The molecule has 200 valence electrons. The van der Waals surface area contributed by atoms with Crippen LogP contribution < -0.4 is 0 Å². The number of rotatable bonds is 2. The molecule has 0 spiro atoms. The molecule has 0 aliphatic rings. The molecule has 7 aromatic carbocycles. The molecule has 43 heavy (non-hydrogen) atoms. The first-order valence-electron chi connectivity index (χ1n) is 14.6. The van der Waals surface area contributed by atoms with Crippen LogP contribution in [0.1, 0.15) is 0 Å². The van der Waals surface area contributed by atoms with Gasteiger partial charge in [0.15, 0.2) is 0 Å². The topological polar surface area (TPSA) is 18.1 Å². The average molecular weight is 566 g/mol. The van der Waals surface area contributed by atoms with Gasteiger partial charge in [-0.25, -0.2) is 0 Å². The molecule has 2 nitrogen and oxygen atoms in total. The fourth-order valence-electron chi connectivity index (χ4n) is 7.03. The molecule has 0 atom stereocenters.